The van der Waals surface area contributed by atoms with E-state index in [1.807, 2.05) is 41.3 Å². The van der Waals surface area contributed by atoms with E-state index in [-0.39, 0.29) is 11.9 Å². The third kappa shape index (κ3) is 2.67. The highest BCUT2D eigenvalue weighted by atomic mass is 35.5. The van der Waals surface area contributed by atoms with Crippen molar-refractivity contribution >= 4 is 28.6 Å². The van der Waals surface area contributed by atoms with Crippen molar-refractivity contribution in [3.8, 4) is 0 Å². The van der Waals surface area contributed by atoms with Gasteiger partial charge in [0, 0.05) is 21.9 Å². The van der Waals surface area contributed by atoms with Gasteiger partial charge in [-0.1, -0.05) is 29.8 Å². The van der Waals surface area contributed by atoms with Gasteiger partial charge >= 0.3 is 5.95 Å². The van der Waals surface area contributed by atoms with E-state index in [1.165, 1.54) is 5.56 Å². The second kappa shape index (κ2) is 6.23. The van der Waals surface area contributed by atoms with Gasteiger partial charge in [-0.05, 0) is 54.5 Å². The molecule has 1 fully saturated rings. The Morgan fingerprint density at radius 3 is 2.59 bits per heavy atom. The van der Waals surface area contributed by atoms with E-state index >= 15 is 0 Å². The van der Waals surface area contributed by atoms with Gasteiger partial charge < -0.3 is 10.4 Å². The Morgan fingerprint density at radius 1 is 1.07 bits per heavy atom. The minimum absolute atomic E-state index is 0.171. The molecule has 3 aromatic rings. The molecule has 0 N–H and O–H groups in total. The van der Waals surface area contributed by atoms with Crippen molar-refractivity contribution in [3.63, 3.8) is 0 Å². The second-order valence-corrected chi connectivity index (χ2v) is 7.79. The van der Waals surface area contributed by atoms with Gasteiger partial charge in [-0.3, -0.25) is 4.90 Å². The van der Waals surface area contributed by atoms with E-state index in [0.29, 0.717) is 29.0 Å². The molecule has 1 aliphatic carbocycles. The summed E-state index contributed by atoms with van der Waals surface area (Å²) in [5.41, 5.74) is 4.14. The summed E-state index contributed by atoms with van der Waals surface area (Å²) in [7, 11) is 0. The minimum atomic E-state index is 0.171. The van der Waals surface area contributed by atoms with Crippen molar-refractivity contribution in [2.24, 2.45) is 0 Å². The van der Waals surface area contributed by atoms with Crippen molar-refractivity contribution in [2.75, 3.05) is 18.0 Å². The number of fused-ring (bicyclic) bond motifs is 2. The molecule has 2 heterocycles. The fourth-order valence-corrected chi connectivity index (χ4v) is 4.68. The van der Waals surface area contributed by atoms with Crippen molar-refractivity contribution in [2.45, 2.75) is 31.6 Å². The van der Waals surface area contributed by atoms with E-state index in [0.717, 1.165) is 46.6 Å². The van der Waals surface area contributed by atoms with Crippen LogP contribution in [0, 0.1) is 10.4 Å². The number of aromatic nitrogens is 3. The Balaban J connectivity index is 1.53. The molecule has 27 heavy (non-hydrogen) atoms. The summed E-state index contributed by atoms with van der Waals surface area (Å²) in [4.78, 5) is 2.49. The van der Waals surface area contributed by atoms with Gasteiger partial charge in [-0.2, -0.15) is 0 Å². The predicted octanol–water partition coefficient (Wildman–Crippen LogP) is 2.64. The van der Waals surface area contributed by atoms with Crippen LogP contribution in [0.25, 0.3) is 11.0 Å². The van der Waals surface area contributed by atoms with Crippen LogP contribution in [0.2, 0.25) is 5.02 Å². The highest BCUT2D eigenvalue weighted by Gasteiger charge is 2.35. The molecule has 5 rings (SSSR count). The molecule has 1 atom stereocenters. The summed E-state index contributed by atoms with van der Waals surface area (Å²) in [6.45, 7) is 1.29. The first kappa shape index (κ1) is 16.6. The van der Waals surface area contributed by atoms with Crippen LogP contribution in [0.4, 0.5) is 5.95 Å². The first-order valence-electron chi connectivity index (χ1n) is 9.30. The number of anilines is 1. The lowest BCUT2D eigenvalue weighted by atomic mass is 9.98. The van der Waals surface area contributed by atoms with E-state index in [2.05, 4.69) is 5.10 Å². The van der Waals surface area contributed by atoms with Crippen LogP contribution in [0.5, 0.6) is 0 Å². The van der Waals surface area contributed by atoms with Gasteiger partial charge in [-0.25, -0.2) is 4.73 Å². The first-order valence-corrected chi connectivity index (χ1v) is 9.68. The molecule has 1 unspecified atom stereocenters. The van der Waals surface area contributed by atoms with Gasteiger partial charge in [0.1, 0.15) is 0 Å². The molecular formula is C20H19ClN4O2. The van der Waals surface area contributed by atoms with Crippen molar-refractivity contribution in [1.82, 2.24) is 5.10 Å². The number of aryl methyl sites for hydroxylation is 2. The Hall–Kier alpha value is -2.60. The summed E-state index contributed by atoms with van der Waals surface area (Å²) in [5.74, 6) is 0.390. The van der Waals surface area contributed by atoms with Crippen LogP contribution >= 0.6 is 11.6 Å². The fourth-order valence-electron chi connectivity index (χ4n) is 4.39. The molecule has 1 saturated heterocycles. The largest absolute Gasteiger partial charge is 0.739 e. The normalized spacial score (nSPS) is 19.0. The number of rotatable bonds is 2. The SMILES string of the molecule is [O-][n+]1nc(N2CCC(c3ccccc3Cl)C2)[n+]([O-])c2cc3c(cc21)CCC3. The fraction of sp³-hybridized carbons (Fsp3) is 0.350. The van der Waals surface area contributed by atoms with E-state index in [9.17, 15) is 10.4 Å². The van der Waals surface area contributed by atoms with Gasteiger partial charge in [0.15, 0.2) is 5.52 Å². The Bertz CT molecular complexity index is 1060. The highest BCUT2D eigenvalue weighted by molar-refractivity contribution is 6.31. The van der Waals surface area contributed by atoms with E-state index in [4.69, 9.17) is 11.6 Å². The standard InChI is InChI=1S/C20H19ClN4O2/c21-17-7-2-1-6-16(17)15-8-9-23(12-15)20-22-25(27)19-11-14-5-3-4-13(14)10-18(19)24(20)26/h1-2,6-7,10-11,15H,3-5,8-9,12H2. The molecule has 0 bridgehead atoms. The zero-order valence-corrected chi connectivity index (χ0v) is 15.5. The van der Waals surface area contributed by atoms with Crippen LogP contribution in [0.15, 0.2) is 36.4 Å². The predicted molar refractivity (Wildman–Crippen MR) is 103 cm³/mol. The minimum Gasteiger partial charge on any atom is -0.739 e. The van der Waals surface area contributed by atoms with E-state index in [1.54, 1.807) is 0 Å². The van der Waals surface area contributed by atoms with Crippen molar-refractivity contribution in [1.29, 1.82) is 0 Å². The van der Waals surface area contributed by atoms with Crippen LogP contribution in [-0.2, 0) is 12.8 Å². The van der Waals surface area contributed by atoms with Crippen LogP contribution in [-0.4, -0.2) is 18.2 Å². The van der Waals surface area contributed by atoms with Crippen molar-refractivity contribution in [3.05, 3.63) is 68.5 Å². The molecule has 2 aliphatic rings. The lowest BCUT2D eigenvalue weighted by molar-refractivity contribution is -0.673. The average molecular weight is 383 g/mol. The van der Waals surface area contributed by atoms with Gasteiger partial charge in [0.05, 0.1) is 13.1 Å². The molecule has 6 nitrogen and oxygen atoms in total. The smallest absolute Gasteiger partial charge is 0.463 e. The highest BCUT2D eigenvalue weighted by Crippen LogP contribution is 2.33. The number of hydrogen-bond acceptors (Lipinski definition) is 4. The first-order chi connectivity index (χ1) is 13.1. The van der Waals surface area contributed by atoms with Crippen LogP contribution < -0.4 is 14.5 Å². The zero-order chi connectivity index (χ0) is 18.5. The lowest BCUT2D eigenvalue weighted by Gasteiger charge is -2.16. The summed E-state index contributed by atoms with van der Waals surface area (Å²) in [6.07, 6.45) is 3.85. The second-order valence-electron chi connectivity index (χ2n) is 7.38. The molecule has 0 radical (unpaired) electrons. The summed E-state index contributed by atoms with van der Waals surface area (Å²) in [5, 5.41) is 30.3. The molecule has 1 aromatic heterocycles. The summed E-state index contributed by atoms with van der Waals surface area (Å²) in [6, 6.07) is 11.5. The van der Waals surface area contributed by atoms with Crippen molar-refractivity contribution < 1.29 is 9.58 Å². The third-order valence-electron chi connectivity index (χ3n) is 5.79. The Kier molecular flexibility index (Phi) is 3.82. The van der Waals surface area contributed by atoms with Gasteiger partial charge in [0.2, 0.25) is 5.10 Å². The number of nitrogens with zero attached hydrogens (tertiary/aromatic N) is 4. The molecule has 0 spiro atoms. The van der Waals surface area contributed by atoms with Crippen LogP contribution in [0.1, 0.15) is 35.4 Å². The van der Waals surface area contributed by atoms with Gasteiger partial charge in [-0.15, -0.1) is 0 Å². The quantitative estimate of drug-likeness (QED) is 0.504. The molecule has 7 heteroatoms. The summed E-state index contributed by atoms with van der Waals surface area (Å²) >= 11 is 6.33. The molecule has 0 amide bonds. The van der Waals surface area contributed by atoms with Crippen LogP contribution in [0.3, 0.4) is 0 Å². The topological polar surface area (TPSA) is 70.0 Å². The van der Waals surface area contributed by atoms with E-state index < -0.39 is 0 Å². The monoisotopic (exact) mass is 382 g/mol. The number of benzene rings is 2. The Labute approximate surface area is 161 Å². The Morgan fingerprint density at radius 2 is 1.81 bits per heavy atom. The zero-order valence-electron chi connectivity index (χ0n) is 14.8. The molecule has 1 aliphatic heterocycles. The maximum absolute atomic E-state index is 13.0. The lowest BCUT2D eigenvalue weighted by Crippen LogP contribution is -2.47. The maximum Gasteiger partial charge on any atom is 0.463 e. The molecule has 138 valence electrons. The maximum atomic E-state index is 13.0. The third-order valence-corrected chi connectivity index (χ3v) is 6.14. The molecular weight excluding hydrogens is 364 g/mol. The number of halogens is 1. The van der Waals surface area contributed by atoms with Gasteiger partial charge in [0.25, 0.3) is 5.52 Å². The number of hydrogen-bond donors (Lipinski definition) is 0. The average Bonchev–Trinajstić information content (AvgIpc) is 3.33. The molecule has 0 saturated carbocycles. The molecule has 2 aromatic carbocycles. The summed E-state index contributed by atoms with van der Waals surface area (Å²) < 4.78 is 0.817.